The average molecular weight is 257 g/mol. The van der Waals surface area contributed by atoms with Crippen molar-refractivity contribution in [3.8, 4) is 0 Å². The molecule has 0 spiro atoms. The maximum absolute atomic E-state index is 13.3. The summed E-state index contributed by atoms with van der Waals surface area (Å²) in [5, 5.41) is 3.36. The molecule has 1 nitrogen and oxygen atoms in total. The van der Waals surface area contributed by atoms with Gasteiger partial charge in [0.05, 0.1) is 0 Å². The van der Waals surface area contributed by atoms with Gasteiger partial charge in [-0.25, -0.2) is 4.39 Å². The lowest BCUT2D eigenvalue weighted by Crippen LogP contribution is -2.08. The van der Waals surface area contributed by atoms with Gasteiger partial charge in [0, 0.05) is 11.7 Å². The van der Waals surface area contributed by atoms with E-state index in [2.05, 4.69) is 43.4 Å². The normalized spacial score (nSPS) is 12.2. The molecule has 0 aliphatic rings. The van der Waals surface area contributed by atoms with Gasteiger partial charge in [-0.3, -0.25) is 0 Å². The van der Waals surface area contributed by atoms with E-state index in [1.165, 1.54) is 17.2 Å². The second kappa shape index (κ2) is 5.87. The van der Waals surface area contributed by atoms with Gasteiger partial charge in [0.15, 0.2) is 0 Å². The Morgan fingerprint density at radius 1 is 1.11 bits per heavy atom. The van der Waals surface area contributed by atoms with Gasteiger partial charge in [0.25, 0.3) is 0 Å². The average Bonchev–Trinajstić information content (AvgIpc) is 2.43. The van der Waals surface area contributed by atoms with Crippen LogP contribution in [-0.2, 0) is 6.42 Å². The van der Waals surface area contributed by atoms with E-state index >= 15 is 0 Å². The van der Waals surface area contributed by atoms with E-state index in [9.17, 15) is 4.39 Å². The Bertz CT molecular complexity index is 546. The topological polar surface area (TPSA) is 12.0 Å². The number of rotatable bonds is 4. The number of hydrogen-bond acceptors (Lipinski definition) is 1. The van der Waals surface area contributed by atoms with Gasteiger partial charge >= 0.3 is 0 Å². The third-order valence-electron chi connectivity index (χ3n) is 3.46. The van der Waals surface area contributed by atoms with Crippen LogP contribution in [0.5, 0.6) is 0 Å². The molecule has 1 N–H and O–H groups in total. The second-order valence-corrected chi connectivity index (χ2v) is 4.92. The van der Waals surface area contributed by atoms with Crippen LogP contribution in [0.25, 0.3) is 0 Å². The fraction of sp³-hybridized carbons (Fsp3) is 0.294. The number of anilines is 1. The van der Waals surface area contributed by atoms with Crippen LogP contribution in [-0.4, -0.2) is 0 Å². The zero-order valence-corrected chi connectivity index (χ0v) is 11.7. The van der Waals surface area contributed by atoms with Gasteiger partial charge in [0.2, 0.25) is 0 Å². The number of nitrogens with one attached hydrogen (secondary N) is 1. The summed E-state index contributed by atoms with van der Waals surface area (Å²) < 4.78 is 13.3. The lowest BCUT2D eigenvalue weighted by molar-refractivity contribution is 0.627. The molecule has 0 saturated carbocycles. The van der Waals surface area contributed by atoms with Crippen LogP contribution < -0.4 is 5.32 Å². The number of halogens is 1. The van der Waals surface area contributed by atoms with E-state index in [0.717, 1.165) is 17.7 Å². The molecule has 2 heteroatoms. The largest absolute Gasteiger partial charge is 0.378 e. The lowest BCUT2D eigenvalue weighted by Gasteiger charge is -2.18. The van der Waals surface area contributed by atoms with E-state index in [1.807, 2.05) is 6.92 Å². The highest BCUT2D eigenvalue weighted by atomic mass is 19.1. The van der Waals surface area contributed by atoms with Crippen molar-refractivity contribution in [1.29, 1.82) is 0 Å². The Morgan fingerprint density at radius 2 is 1.79 bits per heavy atom. The van der Waals surface area contributed by atoms with Crippen molar-refractivity contribution in [1.82, 2.24) is 0 Å². The SMILES string of the molecule is CCc1ccc(C(C)Nc2cc(F)ccc2C)cc1. The van der Waals surface area contributed by atoms with Crippen molar-refractivity contribution in [3.63, 3.8) is 0 Å². The maximum Gasteiger partial charge on any atom is 0.125 e. The zero-order valence-electron chi connectivity index (χ0n) is 11.7. The molecule has 2 aromatic carbocycles. The van der Waals surface area contributed by atoms with E-state index in [0.29, 0.717) is 0 Å². The summed E-state index contributed by atoms with van der Waals surface area (Å²) in [6.45, 7) is 6.22. The Kier molecular flexibility index (Phi) is 4.20. The van der Waals surface area contributed by atoms with Crippen molar-refractivity contribution in [2.75, 3.05) is 5.32 Å². The molecule has 1 unspecified atom stereocenters. The number of hydrogen-bond donors (Lipinski definition) is 1. The molecule has 0 fully saturated rings. The Hall–Kier alpha value is -1.83. The zero-order chi connectivity index (χ0) is 13.8. The molecular formula is C17H20FN. The van der Waals surface area contributed by atoms with Gasteiger partial charge in [0.1, 0.15) is 5.82 Å². The Morgan fingerprint density at radius 3 is 2.42 bits per heavy atom. The first-order valence-corrected chi connectivity index (χ1v) is 6.71. The van der Waals surface area contributed by atoms with Crippen LogP contribution in [0.3, 0.4) is 0 Å². The van der Waals surface area contributed by atoms with Crippen molar-refractivity contribution >= 4 is 5.69 Å². The minimum Gasteiger partial charge on any atom is -0.378 e. The fourth-order valence-electron chi connectivity index (χ4n) is 2.11. The smallest absolute Gasteiger partial charge is 0.125 e. The highest BCUT2D eigenvalue weighted by Crippen LogP contribution is 2.23. The molecule has 0 aromatic heterocycles. The van der Waals surface area contributed by atoms with E-state index in [-0.39, 0.29) is 11.9 Å². The van der Waals surface area contributed by atoms with Gasteiger partial charge in [-0.2, -0.15) is 0 Å². The molecule has 2 rings (SSSR count). The quantitative estimate of drug-likeness (QED) is 0.824. The van der Waals surface area contributed by atoms with Crippen LogP contribution in [0.1, 0.15) is 36.6 Å². The molecule has 19 heavy (non-hydrogen) atoms. The summed E-state index contributed by atoms with van der Waals surface area (Å²) in [7, 11) is 0. The van der Waals surface area contributed by atoms with Crippen LogP contribution in [0.4, 0.5) is 10.1 Å². The van der Waals surface area contributed by atoms with Crippen LogP contribution in [0.15, 0.2) is 42.5 Å². The molecule has 0 saturated heterocycles. The first-order valence-electron chi connectivity index (χ1n) is 6.71. The van der Waals surface area contributed by atoms with E-state index in [1.54, 1.807) is 12.1 Å². The summed E-state index contributed by atoms with van der Waals surface area (Å²) in [6.07, 6.45) is 1.05. The van der Waals surface area contributed by atoms with E-state index in [4.69, 9.17) is 0 Å². The molecule has 0 aliphatic carbocycles. The predicted octanol–water partition coefficient (Wildman–Crippen LogP) is 4.87. The minimum absolute atomic E-state index is 0.159. The fourth-order valence-corrected chi connectivity index (χ4v) is 2.11. The standard InChI is InChI=1S/C17H20FN/c1-4-14-6-8-15(9-7-14)13(3)19-17-11-16(18)10-5-12(17)2/h5-11,13,19H,4H2,1-3H3. The molecular weight excluding hydrogens is 237 g/mol. The van der Waals surface area contributed by atoms with Crippen molar-refractivity contribution in [3.05, 3.63) is 65.0 Å². The molecule has 0 heterocycles. The molecule has 0 bridgehead atoms. The van der Waals surface area contributed by atoms with Gasteiger partial charge in [-0.1, -0.05) is 37.3 Å². The Labute approximate surface area is 114 Å². The van der Waals surface area contributed by atoms with Crippen molar-refractivity contribution in [2.45, 2.75) is 33.2 Å². The molecule has 0 radical (unpaired) electrons. The Balaban J connectivity index is 2.15. The van der Waals surface area contributed by atoms with Crippen LogP contribution in [0, 0.1) is 12.7 Å². The number of benzene rings is 2. The second-order valence-electron chi connectivity index (χ2n) is 4.92. The summed E-state index contributed by atoms with van der Waals surface area (Å²) in [6, 6.07) is 13.5. The van der Waals surface area contributed by atoms with Crippen molar-refractivity contribution in [2.24, 2.45) is 0 Å². The number of aryl methyl sites for hydroxylation is 2. The summed E-state index contributed by atoms with van der Waals surface area (Å²) in [4.78, 5) is 0. The van der Waals surface area contributed by atoms with Crippen LogP contribution in [0.2, 0.25) is 0 Å². The summed E-state index contributed by atoms with van der Waals surface area (Å²) in [5.41, 5.74) is 4.45. The highest BCUT2D eigenvalue weighted by molar-refractivity contribution is 5.52. The van der Waals surface area contributed by atoms with Crippen molar-refractivity contribution < 1.29 is 4.39 Å². The molecule has 0 aliphatic heterocycles. The van der Waals surface area contributed by atoms with E-state index < -0.39 is 0 Å². The minimum atomic E-state index is -0.207. The monoisotopic (exact) mass is 257 g/mol. The summed E-state index contributed by atoms with van der Waals surface area (Å²) >= 11 is 0. The predicted molar refractivity (Wildman–Crippen MR) is 79.0 cm³/mol. The molecule has 100 valence electrons. The first-order chi connectivity index (χ1) is 9.10. The lowest BCUT2D eigenvalue weighted by atomic mass is 10.0. The van der Waals surface area contributed by atoms with Gasteiger partial charge in [-0.05, 0) is 49.1 Å². The van der Waals surface area contributed by atoms with Gasteiger partial charge < -0.3 is 5.32 Å². The first kappa shape index (κ1) is 13.6. The third kappa shape index (κ3) is 3.34. The maximum atomic E-state index is 13.3. The molecule has 0 amide bonds. The van der Waals surface area contributed by atoms with Crippen LogP contribution >= 0.6 is 0 Å². The van der Waals surface area contributed by atoms with Gasteiger partial charge in [-0.15, -0.1) is 0 Å². The molecule has 1 atom stereocenters. The summed E-state index contributed by atoms with van der Waals surface area (Å²) in [5.74, 6) is -0.207. The highest BCUT2D eigenvalue weighted by Gasteiger charge is 2.07. The molecule has 2 aromatic rings. The third-order valence-corrected chi connectivity index (χ3v) is 3.46.